The van der Waals surface area contributed by atoms with Crippen molar-refractivity contribution in [1.82, 2.24) is 0 Å². The zero-order chi connectivity index (χ0) is 31.7. The van der Waals surface area contributed by atoms with E-state index < -0.39 is 17.4 Å². The van der Waals surface area contributed by atoms with Crippen molar-refractivity contribution in [3.8, 4) is 0 Å². The van der Waals surface area contributed by atoms with Crippen molar-refractivity contribution in [3.63, 3.8) is 0 Å². The molecule has 12 heteroatoms. The molecule has 0 aromatic heterocycles. The summed E-state index contributed by atoms with van der Waals surface area (Å²) in [5.41, 5.74) is 0. The van der Waals surface area contributed by atoms with E-state index in [4.69, 9.17) is 58.3 Å². The summed E-state index contributed by atoms with van der Waals surface area (Å²) in [6.07, 6.45) is 6.10. The highest BCUT2D eigenvalue weighted by molar-refractivity contribution is 4.78. The van der Waals surface area contributed by atoms with E-state index in [0.29, 0.717) is 26.4 Å². The molecule has 252 valence electrons. The summed E-state index contributed by atoms with van der Waals surface area (Å²) in [4.78, 5) is 0. The molecule has 4 aliphatic heterocycles. The second-order valence-corrected chi connectivity index (χ2v) is 11.2. The molecule has 12 nitrogen and oxygen atoms in total. The van der Waals surface area contributed by atoms with Crippen LogP contribution in [-0.2, 0) is 37.9 Å². The fourth-order valence-electron chi connectivity index (χ4n) is 4.64. The highest BCUT2D eigenvalue weighted by atomic mass is 16.8. The number of unbranched alkanes of at least 4 members (excludes halogenated alkanes) is 1. The molecular formula is C30H60O12. The smallest absolute Gasteiger partial charge is 0.168 e. The minimum Gasteiger partial charge on any atom is -0.394 e. The lowest BCUT2D eigenvalue weighted by Crippen LogP contribution is -2.30. The van der Waals surface area contributed by atoms with Crippen LogP contribution in [0, 0.1) is 0 Å². The van der Waals surface area contributed by atoms with Gasteiger partial charge in [0.25, 0.3) is 0 Å². The van der Waals surface area contributed by atoms with E-state index in [-0.39, 0.29) is 57.1 Å². The van der Waals surface area contributed by atoms with Crippen molar-refractivity contribution < 1.29 is 58.3 Å². The zero-order valence-electron chi connectivity index (χ0n) is 27.0. The third-order valence-corrected chi connectivity index (χ3v) is 7.38. The first-order valence-corrected chi connectivity index (χ1v) is 15.7. The summed E-state index contributed by atoms with van der Waals surface area (Å²) >= 11 is 0. The molecule has 0 bridgehead atoms. The predicted molar refractivity (Wildman–Crippen MR) is 156 cm³/mol. The largest absolute Gasteiger partial charge is 0.394 e. The molecule has 0 aromatic carbocycles. The van der Waals surface area contributed by atoms with E-state index in [0.717, 1.165) is 44.9 Å². The van der Waals surface area contributed by atoms with Gasteiger partial charge in [0.2, 0.25) is 0 Å². The lowest BCUT2D eigenvalue weighted by atomic mass is 10.1. The van der Waals surface area contributed by atoms with Gasteiger partial charge < -0.3 is 58.3 Å². The van der Waals surface area contributed by atoms with Crippen molar-refractivity contribution >= 4 is 0 Å². The van der Waals surface area contributed by atoms with Gasteiger partial charge in [-0.2, -0.15) is 0 Å². The minimum absolute atomic E-state index is 0.0451. The number of rotatable bonds is 11. The molecule has 4 saturated heterocycles. The summed E-state index contributed by atoms with van der Waals surface area (Å²) in [6.45, 7) is 16.3. The van der Waals surface area contributed by atoms with Crippen LogP contribution in [0.15, 0.2) is 0 Å². The highest BCUT2D eigenvalue weighted by Crippen LogP contribution is 2.32. The van der Waals surface area contributed by atoms with Crippen LogP contribution in [0.5, 0.6) is 0 Å². The Hall–Kier alpha value is -0.480. The molecule has 0 spiro atoms. The molecule has 0 amide bonds. The first-order chi connectivity index (χ1) is 20.0. The Morgan fingerprint density at radius 3 is 1.38 bits per heavy atom. The molecule has 0 radical (unpaired) electrons. The topological polar surface area (TPSA) is 155 Å². The SMILES string of the molecule is CC1(C)OCC(CO)O1.CCC1(CC)OCC(CO)O1.CCC1OCC(CO)O1.CCCCC1(CC)OCC(CO)O1. The standard InChI is InChI=1S/C10H20O3.C8H16O3.2C6H12O3/c1-3-5-6-10(4-2)12-8-9(7-11)13-10;1-3-8(4-2)10-6-7(5-9)11-8;1-6(2)8-4-5(3-7)9-6;1-2-6-8-4-5(3-7)9-6/h9,11H,3-8H2,1-2H3;7,9H,3-6H2,1-2H3;5,7H,3-4H2,1-2H3;5-7H,2-4H2,1H3. The lowest BCUT2D eigenvalue weighted by molar-refractivity contribution is -0.178. The van der Waals surface area contributed by atoms with E-state index in [1.807, 2.05) is 34.6 Å². The van der Waals surface area contributed by atoms with Crippen LogP contribution in [0.2, 0.25) is 0 Å². The van der Waals surface area contributed by atoms with E-state index in [9.17, 15) is 0 Å². The fourth-order valence-corrected chi connectivity index (χ4v) is 4.64. The van der Waals surface area contributed by atoms with Gasteiger partial charge in [-0.15, -0.1) is 0 Å². The maximum absolute atomic E-state index is 8.91. The summed E-state index contributed by atoms with van der Waals surface area (Å²) < 4.78 is 43.0. The summed E-state index contributed by atoms with van der Waals surface area (Å²) in [6, 6.07) is 0. The van der Waals surface area contributed by atoms with Gasteiger partial charge in [-0.3, -0.25) is 0 Å². The summed E-state index contributed by atoms with van der Waals surface area (Å²) in [5.74, 6) is -1.30. The summed E-state index contributed by atoms with van der Waals surface area (Å²) in [5, 5.41) is 34.9. The van der Waals surface area contributed by atoms with Gasteiger partial charge >= 0.3 is 0 Å². The van der Waals surface area contributed by atoms with Crippen molar-refractivity contribution in [2.75, 3.05) is 52.9 Å². The Balaban J connectivity index is 0.000000283. The maximum atomic E-state index is 8.91. The lowest BCUT2D eigenvalue weighted by Gasteiger charge is -2.26. The highest BCUT2D eigenvalue weighted by Gasteiger charge is 2.39. The van der Waals surface area contributed by atoms with Crippen molar-refractivity contribution in [2.45, 2.75) is 141 Å². The zero-order valence-corrected chi connectivity index (χ0v) is 27.0. The molecule has 6 unspecified atom stereocenters. The fraction of sp³-hybridized carbons (Fsp3) is 1.00. The Bertz CT molecular complexity index is 667. The Morgan fingerprint density at radius 2 is 1.07 bits per heavy atom. The quantitative estimate of drug-likeness (QED) is 0.271. The molecule has 4 fully saturated rings. The number of aliphatic hydroxyl groups excluding tert-OH is 4. The van der Waals surface area contributed by atoms with Gasteiger partial charge in [0.15, 0.2) is 23.7 Å². The number of hydrogen-bond donors (Lipinski definition) is 4. The van der Waals surface area contributed by atoms with Crippen LogP contribution in [-0.4, -0.2) is 121 Å². The molecule has 0 saturated carbocycles. The van der Waals surface area contributed by atoms with Crippen LogP contribution in [0.3, 0.4) is 0 Å². The van der Waals surface area contributed by atoms with E-state index >= 15 is 0 Å². The van der Waals surface area contributed by atoms with Crippen LogP contribution < -0.4 is 0 Å². The molecule has 4 heterocycles. The average Bonchev–Trinajstić information content (AvgIpc) is 3.82. The molecular weight excluding hydrogens is 552 g/mol. The molecule has 6 atom stereocenters. The summed E-state index contributed by atoms with van der Waals surface area (Å²) in [7, 11) is 0. The third-order valence-electron chi connectivity index (χ3n) is 7.38. The first-order valence-electron chi connectivity index (χ1n) is 15.7. The van der Waals surface area contributed by atoms with Gasteiger partial charge in [0, 0.05) is 6.42 Å². The molecule has 4 N–H and O–H groups in total. The molecule has 0 aliphatic carbocycles. The van der Waals surface area contributed by atoms with Gasteiger partial charge in [-0.05, 0) is 46.0 Å². The molecule has 42 heavy (non-hydrogen) atoms. The predicted octanol–water partition coefficient (Wildman–Crippen LogP) is 2.86. The van der Waals surface area contributed by atoms with Gasteiger partial charge in [-0.25, -0.2) is 0 Å². The molecule has 4 aliphatic rings. The second-order valence-electron chi connectivity index (χ2n) is 11.2. The monoisotopic (exact) mass is 612 g/mol. The molecule has 4 rings (SSSR count). The van der Waals surface area contributed by atoms with Crippen molar-refractivity contribution in [1.29, 1.82) is 0 Å². The average molecular weight is 613 g/mol. The van der Waals surface area contributed by atoms with Crippen molar-refractivity contribution in [2.24, 2.45) is 0 Å². The van der Waals surface area contributed by atoms with E-state index in [2.05, 4.69) is 13.8 Å². The van der Waals surface area contributed by atoms with Crippen molar-refractivity contribution in [3.05, 3.63) is 0 Å². The van der Waals surface area contributed by atoms with Crippen LogP contribution in [0.1, 0.15) is 93.4 Å². The Labute approximate surface area is 252 Å². The van der Waals surface area contributed by atoms with Crippen LogP contribution >= 0.6 is 0 Å². The van der Waals surface area contributed by atoms with Gasteiger partial charge in [0.1, 0.15) is 24.4 Å². The Kier molecular flexibility index (Phi) is 19.3. The third kappa shape index (κ3) is 13.7. The number of ether oxygens (including phenoxy) is 8. The molecule has 0 aromatic rings. The number of hydrogen-bond acceptors (Lipinski definition) is 12. The normalized spacial score (nSPS) is 32.8. The Morgan fingerprint density at radius 1 is 0.595 bits per heavy atom. The minimum atomic E-state index is -0.493. The first kappa shape index (κ1) is 39.5. The van der Waals surface area contributed by atoms with Gasteiger partial charge in [-0.1, -0.05) is 41.0 Å². The van der Waals surface area contributed by atoms with Crippen LogP contribution in [0.25, 0.3) is 0 Å². The van der Waals surface area contributed by atoms with Gasteiger partial charge in [0.05, 0.1) is 52.9 Å². The van der Waals surface area contributed by atoms with E-state index in [1.165, 1.54) is 0 Å². The van der Waals surface area contributed by atoms with E-state index in [1.54, 1.807) is 0 Å². The number of aliphatic hydroxyl groups is 4. The second kappa shape index (κ2) is 20.5. The van der Waals surface area contributed by atoms with Crippen LogP contribution in [0.4, 0.5) is 0 Å². The maximum Gasteiger partial charge on any atom is 0.168 e.